The minimum absolute atomic E-state index is 0.0632. The van der Waals surface area contributed by atoms with E-state index in [1.54, 1.807) is 23.4 Å². The van der Waals surface area contributed by atoms with Crippen molar-refractivity contribution in [1.82, 2.24) is 40.1 Å². The Morgan fingerprint density at radius 1 is 1.14 bits per heavy atom. The number of carbonyl (C=O) groups is 1. The lowest BCUT2D eigenvalue weighted by atomic mass is 10.1. The predicted molar refractivity (Wildman–Crippen MR) is 101 cm³/mol. The van der Waals surface area contributed by atoms with Gasteiger partial charge in [-0.1, -0.05) is 18.2 Å². The summed E-state index contributed by atoms with van der Waals surface area (Å²) in [7, 11) is 0. The second-order valence-corrected chi connectivity index (χ2v) is 6.21. The Bertz CT molecular complexity index is 1070. The van der Waals surface area contributed by atoms with Crippen LogP contribution in [0.1, 0.15) is 17.0 Å². The molecule has 0 saturated carbocycles. The predicted octanol–water partition coefficient (Wildman–Crippen LogP) is 1.41. The third-order valence-corrected chi connectivity index (χ3v) is 4.26. The second-order valence-electron chi connectivity index (χ2n) is 6.21. The van der Waals surface area contributed by atoms with Crippen molar-refractivity contribution in [3.8, 4) is 11.5 Å². The van der Waals surface area contributed by atoms with E-state index >= 15 is 0 Å². The van der Waals surface area contributed by atoms with Gasteiger partial charge in [-0.3, -0.25) is 9.36 Å². The molecule has 28 heavy (non-hydrogen) atoms. The zero-order valence-corrected chi connectivity index (χ0v) is 15.2. The number of hydrogen-bond acceptors (Lipinski definition) is 6. The lowest BCUT2D eigenvalue weighted by Crippen LogP contribution is -2.25. The molecule has 0 bridgehead atoms. The maximum atomic E-state index is 12.4. The quantitative estimate of drug-likeness (QED) is 0.547. The van der Waals surface area contributed by atoms with Gasteiger partial charge in [0.05, 0.1) is 12.1 Å². The molecule has 4 aromatic rings. The minimum atomic E-state index is -0.0632. The first-order valence-electron chi connectivity index (χ1n) is 8.74. The Balaban J connectivity index is 1.39. The first-order chi connectivity index (χ1) is 13.7. The number of imidazole rings is 1. The number of amides is 1. The maximum absolute atomic E-state index is 12.4. The molecule has 0 aliphatic rings. The van der Waals surface area contributed by atoms with Crippen molar-refractivity contribution in [2.75, 3.05) is 0 Å². The van der Waals surface area contributed by atoms with Crippen molar-refractivity contribution in [1.29, 1.82) is 0 Å². The van der Waals surface area contributed by atoms with E-state index in [9.17, 15) is 4.79 Å². The largest absolute Gasteiger partial charge is 0.352 e. The smallest absolute Gasteiger partial charge is 0.224 e. The van der Waals surface area contributed by atoms with Crippen molar-refractivity contribution in [2.45, 2.75) is 19.9 Å². The lowest BCUT2D eigenvalue weighted by molar-refractivity contribution is -0.120. The molecule has 0 saturated heterocycles. The van der Waals surface area contributed by atoms with Crippen LogP contribution in [0, 0.1) is 6.92 Å². The highest BCUT2D eigenvalue weighted by molar-refractivity contribution is 5.78. The summed E-state index contributed by atoms with van der Waals surface area (Å²) >= 11 is 0. The van der Waals surface area contributed by atoms with Crippen LogP contribution in [0.3, 0.4) is 0 Å². The Kier molecular flexibility index (Phi) is 4.87. The van der Waals surface area contributed by atoms with E-state index in [0.29, 0.717) is 12.4 Å². The van der Waals surface area contributed by atoms with Crippen LogP contribution in [0.4, 0.5) is 0 Å². The standard InChI is InChI=1S/C19H18N8O/c1-14-23-24-25-27(14)17-6-4-15(5-7-17)11-18(28)22-12-16-3-2-8-21-19(16)26-10-9-20-13-26/h2-10,13H,11-12H2,1H3,(H,22,28). The topological polar surface area (TPSA) is 103 Å². The number of aryl methyl sites for hydroxylation is 1. The first-order valence-corrected chi connectivity index (χ1v) is 8.74. The monoisotopic (exact) mass is 374 g/mol. The Labute approximate surface area is 161 Å². The molecule has 0 fully saturated rings. The number of nitrogens with zero attached hydrogens (tertiary/aromatic N) is 7. The van der Waals surface area contributed by atoms with Gasteiger partial charge in [0.15, 0.2) is 5.82 Å². The molecular formula is C19H18N8O. The summed E-state index contributed by atoms with van der Waals surface area (Å²) in [5, 5.41) is 14.4. The van der Waals surface area contributed by atoms with Gasteiger partial charge >= 0.3 is 0 Å². The van der Waals surface area contributed by atoms with Crippen molar-refractivity contribution >= 4 is 5.91 Å². The number of carbonyl (C=O) groups excluding carboxylic acids is 1. The molecular weight excluding hydrogens is 356 g/mol. The molecule has 3 aromatic heterocycles. The van der Waals surface area contributed by atoms with Gasteiger partial charge in [-0.05, 0) is 41.1 Å². The van der Waals surface area contributed by atoms with Crippen LogP contribution in [0.15, 0.2) is 61.3 Å². The summed E-state index contributed by atoms with van der Waals surface area (Å²) in [5.74, 6) is 1.39. The Morgan fingerprint density at radius 2 is 2.00 bits per heavy atom. The highest BCUT2D eigenvalue weighted by atomic mass is 16.1. The molecule has 9 nitrogen and oxygen atoms in total. The summed E-state index contributed by atoms with van der Waals surface area (Å²) in [4.78, 5) is 20.8. The Hall–Kier alpha value is -3.88. The van der Waals surface area contributed by atoms with E-state index in [1.807, 2.05) is 54.1 Å². The van der Waals surface area contributed by atoms with Gasteiger partial charge in [-0.25, -0.2) is 9.97 Å². The number of nitrogens with one attached hydrogen (secondary N) is 1. The molecule has 1 amide bonds. The van der Waals surface area contributed by atoms with Crippen molar-refractivity contribution < 1.29 is 4.79 Å². The number of tetrazole rings is 1. The molecule has 0 aliphatic heterocycles. The molecule has 0 spiro atoms. The fourth-order valence-corrected chi connectivity index (χ4v) is 2.85. The van der Waals surface area contributed by atoms with Gasteiger partial charge in [0, 0.05) is 30.7 Å². The fraction of sp³-hybridized carbons (Fsp3) is 0.158. The van der Waals surface area contributed by atoms with Gasteiger partial charge in [0.2, 0.25) is 5.91 Å². The average molecular weight is 374 g/mol. The van der Waals surface area contributed by atoms with Crippen LogP contribution < -0.4 is 5.32 Å². The summed E-state index contributed by atoms with van der Waals surface area (Å²) in [6.07, 6.45) is 7.20. The number of aromatic nitrogens is 7. The number of pyridine rings is 1. The van der Waals surface area contributed by atoms with Crippen molar-refractivity contribution in [2.24, 2.45) is 0 Å². The number of benzene rings is 1. The number of rotatable bonds is 6. The van der Waals surface area contributed by atoms with Crippen LogP contribution >= 0.6 is 0 Å². The van der Waals surface area contributed by atoms with Crippen LogP contribution in [-0.4, -0.2) is 40.6 Å². The summed E-state index contributed by atoms with van der Waals surface area (Å²) in [6, 6.07) is 11.4. The van der Waals surface area contributed by atoms with Gasteiger partial charge < -0.3 is 5.32 Å². The highest BCUT2D eigenvalue weighted by Crippen LogP contribution is 2.12. The summed E-state index contributed by atoms with van der Waals surface area (Å²) in [5.41, 5.74) is 2.68. The van der Waals surface area contributed by atoms with E-state index < -0.39 is 0 Å². The van der Waals surface area contributed by atoms with Gasteiger partial charge in [0.25, 0.3) is 0 Å². The van der Waals surface area contributed by atoms with E-state index in [-0.39, 0.29) is 12.3 Å². The Morgan fingerprint density at radius 3 is 2.71 bits per heavy atom. The maximum Gasteiger partial charge on any atom is 0.224 e. The summed E-state index contributed by atoms with van der Waals surface area (Å²) in [6.45, 7) is 2.22. The zero-order chi connectivity index (χ0) is 19.3. The molecule has 0 atom stereocenters. The van der Waals surface area contributed by atoms with Crippen LogP contribution in [0.5, 0.6) is 0 Å². The normalized spacial score (nSPS) is 10.8. The highest BCUT2D eigenvalue weighted by Gasteiger charge is 2.09. The minimum Gasteiger partial charge on any atom is -0.352 e. The van der Waals surface area contributed by atoms with Gasteiger partial charge in [-0.15, -0.1) is 5.10 Å². The third kappa shape index (κ3) is 3.78. The molecule has 9 heteroatoms. The van der Waals surface area contributed by atoms with Crippen LogP contribution in [0.25, 0.3) is 11.5 Å². The van der Waals surface area contributed by atoms with Crippen LogP contribution in [0.2, 0.25) is 0 Å². The van der Waals surface area contributed by atoms with E-state index in [4.69, 9.17) is 0 Å². The fourth-order valence-electron chi connectivity index (χ4n) is 2.85. The average Bonchev–Trinajstić information content (AvgIpc) is 3.39. The number of hydrogen-bond donors (Lipinski definition) is 1. The molecule has 4 rings (SSSR count). The van der Waals surface area contributed by atoms with E-state index in [1.165, 1.54) is 0 Å². The molecule has 0 aliphatic carbocycles. The molecule has 1 N–H and O–H groups in total. The molecule has 3 heterocycles. The molecule has 140 valence electrons. The SMILES string of the molecule is Cc1nnnn1-c1ccc(CC(=O)NCc2cccnc2-n2ccnc2)cc1. The third-order valence-electron chi connectivity index (χ3n) is 4.26. The van der Waals surface area contributed by atoms with E-state index in [0.717, 1.165) is 22.6 Å². The van der Waals surface area contributed by atoms with Crippen molar-refractivity contribution in [3.05, 3.63) is 78.3 Å². The lowest BCUT2D eigenvalue weighted by Gasteiger charge is -2.10. The van der Waals surface area contributed by atoms with Crippen LogP contribution in [-0.2, 0) is 17.8 Å². The van der Waals surface area contributed by atoms with Gasteiger partial charge in [-0.2, -0.15) is 4.68 Å². The van der Waals surface area contributed by atoms with Crippen molar-refractivity contribution in [3.63, 3.8) is 0 Å². The van der Waals surface area contributed by atoms with E-state index in [2.05, 4.69) is 30.8 Å². The second kappa shape index (κ2) is 7.78. The van der Waals surface area contributed by atoms with Gasteiger partial charge in [0.1, 0.15) is 12.1 Å². The molecule has 0 radical (unpaired) electrons. The molecule has 0 unspecified atom stereocenters. The molecule has 1 aromatic carbocycles. The first kappa shape index (κ1) is 17.5. The summed E-state index contributed by atoms with van der Waals surface area (Å²) < 4.78 is 3.46. The zero-order valence-electron chi connectivity index (χ0n) is 15.2.